The number of hydrogen-bond donors (Lipinski definition) is 1. The largest absolute Gasteiger partial charge is 0.347 e. The number of rotatable bonds is 4. The van der Waals surface area contributed by atoms with E-state index in [4.69, 9.17) is 0 Å². The van der Waals surface area contributed by atoms with E-state index in [1.807, 2.05) is 19.0 Å². The lowest BCUT2D eigenvalue weighted by Crippen LogP contribution is -2.32. The Hall–Kier alpha value is -1.21. The number of fused-ring (bicyclic) bond motifs is 1. The standard InChI is InChI=1S/C12H20N4O2S/c1-4-19(17,18)15-11-7-5-6-10-9(11)8-13-12(14-10)16(2)3/h8,11,15H,4-7H2,1-3H3. The van der Waals surface area contributed by atoms with E-state index in [2.05, 4.69) is 14.7 Å². The average molecular weight is 284 g/mol. The Bertz CT molecular complexity index is 557. The molecule has 0 aliphatic heterocycles. The van der Waals surface area contributed by atoms with Gasteiger partial charge in [-0.2, -0.15) is 0 Å². The zero-order valence-corrected chi connectivity index (χ0v) is 12.4. The van der Waals surface area contributed by atoms with Gasteiger partial charge < -0.3 is 4.90 Å². The third-order valence-electron chi connectivity index (χ3n) is 3.27. The minimum Gasteiger partial charge on any atom is -0.347 e. The number of hydrogen-bond acceptors (Lipinski definition) is 5. The number of nitrogens with zero attached hydrogens (tertiary/aromatic N) is 3. The van der Waals surface area contributed by atoms with Crippen LogP contribution in [0.15, 0.2) is 6.20 Å². The van der Waals surface area contributed by atoms with E-state index in [9.17, 15) is 8.42 Å². The monoisotopic (exact) mass is 284 g/mol. The molecule has 0 amide bonds. The second kappa shape index (κ2) is 5.42. The van der Waals surface area contributed by atoms with Gasteiger partial charge in [0.1, 0.15) is 0 Å². The van der Waals surface area contributed by atoms with Crippen LogP contribution in [-0.2, 0) is 16.4 Å². The zero-order valence-electron chi connectivity index (χ0n) is 11.5. The van der Waals surface area contributed by atoms with Crippen molar-refractivity contribution >= 4 is 16.0 Å². The van der Waals surface area contributed by atoms with Crippen LogP contribution in [0.4, 0.5) is 5.95 Å². The van der Waals surface area contributed by atoms with Crippen molar-refractivity contribution < 1.29 is 8.42 Å². The van der Waals surface area contributed by atoms with Crippen molar-refractivity contribution in [2.24, 2.45) is 0 Å². The van der Waals surface area contributed by atoms with Crippen LogP contribution < -0.4 is 9.62 Å². The number of nitrogens with one attached hydrogen (secondary N) is 1. The summed E-state index contributed by atoms with van der Waals surface area (Å²) in [6, 6.07) is -0.190. The Kier molecular flexibility index (Phi) is 4.05. The quantitative estimate of drug-likeness (QED) is 0.887. The second-order valence-electron chi connectivity index (χ2n) is 4.93. The van der Waals surface area contributed by atoms with Gasteiger partial charge in [-0.3, -0.25) is 0 Å². The number of anilines is 1. The highest BCUT2D eigenvalue weighted by molar-refractivity contribution is 7.89. The lowest BCUT2D eigenvalue weighted by Gasteiger charge is -2.25. The lowest BCUT2D eigenvalue weighted by atomic mass is 9.93. The SMILES string of the molecule is CCS(=O)(=O)NC1CCCc2nc(N(C)C)ncc21. The zero-order chi connectivity index (χ0) is 14.0. The average Bonchev–Trinajstić information content (AvgIpc) is 2.38. The first kappa shape index (κ1) is 14.2. The predicted molar refractivity (Wildman–Crippen MR) is 74.6 cm³/mol. The summed E-state index contributed by atoms with van der Waals surface area (Å²) in [5.41, 5.74) is 1.86. The van der Waals surface area contributed by atoms with Crippen LogP contribution in [0, 0.1) is 0 Å². The molecule has 1 N–H and O–H groups in total. The molecule has 0 bridgehead atoms. The van der Waals surface area contributed by atoms with Crippen LogP contribution >= 0.6 is 0 Å². The summed E-state index contributed by atoms with van der Waals surface area (Å²) in [6.07, 6.45) is 4.37. The lowest BCUT2D eigenvalue weighted by molar-refractivity contribution is 0.500. The summed E-state index contributed by atoms with van der Waals surface area (Å²) in [5.74, 6) is 0.757. The molecule has 6 nitrogen and oxygen atoms in total. The fraction of sp³-hybridized carbons (Fsp3) is 0.667. The molecule has 1 aromatic heterocycles. The van der Waals surface area contributed by atoms with Gasteiger partial charge in [-0.05, 0) is 26.2 Å². The van der Waals surface area contributed by atoms with Crippen LogP contribution in [0.5, 0.6) is 0 Å². The molecule has 1 heterocycles. The van der Waals surface area contributed by atoms with Crippen molar-refractivity contribution in [2.45, 2.75) is 32.2 Å². The molecule has 0 saturated carbocycles. The molecule has 0 spiro atoms. The van der Waals surface area contributed by atoms with Crippen LogP contribution in [0.2, 0.25) is 0 Å². The maximum Gasteiger partial charge on any atom is 0.225 e. The molecule has 106 valence electrons. The third-order valence-corrected chi connectivity index (χ3v) is 4.67. The normalized spacial score (nSPS) is 19.0. The van der Waals surface area contributed by atoms with Gasteiger partial charge in [0.05, 0.1) is 11.4 Å². The third kappa shape index (κ3) is 3.22. The van der Waals surface area contributed by atoms with Gasteiger partial charge >= 0.3 is 0 Å². The minimum absolute atomic E-state index is 0.0927. The van der Waals surface area contributed by atoms with E-state index in [-0.39, 0.29) is 11.8 Å². The van der Waals surface area contributed by atoms with Crippen LogP contribution in [0.25, 0.3) is 0 Å². The molecule has 0 fully saturated rings. The Morgan fingerprint density at radius 3 is 2.84 bits per heavy atom. The molecule has 1 unspecified atom stereocenters. The smallest absolute Gasteiger partial charge is 0.225 e. The molecule has 0 aromatic carbocycles. The van der Waals surface area contributed by atoms with E-state index < -0.39 is 10.0 Å². The topological polar surface area (TPSA) is 75.2 Å². The molecule has 2 rings (SSSR count). The first-order chi connectivity index (χ1) is 8.93. The fourth-order valence-electron chi connectivity index (χ4n) is 2.17. The highest BCUT2D eigenvalue weighted by Gasteiger charge is 2.25. The van der Waals surface area contributed by atoms with Gasteiger partial charge in [0, 0.05) is 31.9 Å². The Labute approximate surface area is 114 Å². The van der Waals surface area contributed by atoms with Crippen LogP contribution in [0.3, 0.4) is 0 Å². The number of sulfonamides is 1. The highest BCUT2D eigenvalue weighted by atomic mass is 32.2. The van der Waals surface area contributed by atoms with Crippen LogP contribution in [-0.4, -0.2) is 38.2 Å². The molecular weight excluding hydrogens is 264 g/mol. The van der Waals surface area contributed by atoms with Crippen molar-refractivity contribution in [1.82, 2.24) is 14.7 Å². The summed E-state index contributed by atoms with van der Waals surface area (Å²) in [7, 11) is 0.577. The van der Waals surface area contributed by atoms with Crippen LogP contribution in [0.1, 0.15) is 37.1 Å². The maximum absolute atomic E-state index is 11.7. The van der Waals surface area contributed by atoms with Gasteiger partial charge in [-0.15, -0.1) is 0 Å². The van der Waals surface area contributed by atoms with Crippen molar-refractivity contribution in [3.8, 4) is 0 Å². The Morgan fingerprint density at radius 1 is 1.47 bits per heavy atom. The van der Waals surface area contributed by atoms with Crippen molar-refractivity contribution in [3.63, 3.8) is 0 Å². The molecule has 0 saturated heterocycles. The van der Waals surface area contributed by atoms with Crippen molar-refractivity contribution in [2.75, 3.05) is 24.7 Å². The molecule has 1 aliphatic rings. The molecule has 19 heavy (non-hydrogen) atoms. The first-order valence-corrected chi connectivity index (χ1v) is 8.11. The van der Waals surface area contributed by atoms with Crippen molar-refractivity contribution in [1.29, 1.82) is 0 Å². The molecule has 1 aromatic rings. The summed E-state index contributed by atoms with van der Waals surface area (Å²) < 4.78 is 26.1. The second-order valence-corrected chi connectivity index (χ2v) is 6.98. The summed E-state index contributed by atoms with van der Waals surface area (Å²) in [4.78, 5) is 10.6. The van der Waals surface area contributed by atoms with E-state index in [0.29, 0.717) is 5.95 Å². The number of aromatic nitrogens is 2. The fourth-order valence-corrected chi connectivity index (χ4v) is 3.02. The molecule has 1 aliphatic carbocycles. The molecule has 7 heteroatoms. The molecular formula is C12H20N4O2S. The van der Waals surface area contributed by atoms with Gasteiger partial charge in [-0.1, -0.05) is 0 Å². The Balaban J connectivity index is 2.30. The van der Waals surface area contributed by atoms with Gasteiger partial charge in [-0.25, -0.2) is 23.1 Å². The van der Waals surface area contributed by atoms with Gasteiger partial charge in [0.25, 0.3) is 0 Å². The number of aryl methyl sites for hydroxylation is 1. The first-order valence-electron chi connectivity index (χ1n) is 6.46. The van der Waals surface area contributed by atoms with E-state index in [1.54, 1.807) is 13.1 Å². The maximum atomic E-state index is 11.7. The summed E-state index contributed by atoms with van der Waals surface area (Å²) in [6.45, 7) is 1.64. The molecule has 0 radical (unpaired) electrons. The molecule has 1 atom stereocenters. The van der Waals surface area contributed by atoms with E-state index in [1.165, 1.54) is 0 Å². The van der Waals surface area contributed by atoms with Gasteiger partial charge in [0.15, 0.2) is 0 Å². The Morgan fingerprint density at radius 2 is 2.21 bits per heavy atom. The summed E-state index contributed by atoms with van der Waals surface area (Å²) >= 11 is 0. The van der Waals surface area contributed by atoms with E-state index in [0.717, 1.165) is 30.5 Å². The summed E-state index contributed by atoms with van der Waals surface area (Å²) in [5, 5.41) is 0. The van der Waals surface area contributed by atoms with Crippen molar-refractivity contribution in [3.05, 3.63) is 17.5 Å². The minimum atomic E-state index is -3.20. The highest BCUT2D eigenvalue weighted by Crippen LogP contribution is 2.29. The predicted octanol–water partition coefficient (Wildman–Crippen LogP) is 0.859. The van der Waals surface area contributed by atoms with Gasteiger partial charge in [0.2, 0.25) is 16.0 Å². The van der Waals surface area contributed by atoms with E-state index >= 15 is 0 Å².